The van der Waals surface area contributed by atoms with Crippen LogP contribution >= 0.6 is 0 Å². The van der Waals surface area contributed by atoms with Crippen molar-refractivity contribution in [2.75, 3.05) is 25.2 Å². The van der Waals surface area contributed by atoms with Crippen LogP contribution < -0.4 is 15.8 Å². The highest BCUT2D eigenvalue weighted by atomic mass is 32.2. The van der Waals surface area contributed by atoms with Crippen LogP contribution in [-0.2, 0) is 19.4 Å². The topological polar surface area (TPSA) is 169 Å². The van der Waals surface area contributed by atoms with Crippen molar-refractivity contribution in [2.45, 2.75) is 23.4 Å². The first kappa shape index (κ1) is 28.5. The fourth-order valence-corrected chi connectivity index (χ4v) is 5.69. The third kappa shape index (κ3) is 5.73. The Morgan fingerprint density at radius 3 is 2.58 bits per heavy atom. The molecule has 2 heterocycles. The molecule has 1 aliphatic rings. The lowest BCUT2D eigenvalue weighted by Crippen LogP contribution is -2.40. The van der Waals surface area contributed by atoms with E-state index in [1.807, 2.05) is 0 Å². The number of ether oxygens (including phenoxy) is 1. The molecule has 4 N–H and O–H groups in total. The van der Waals surface area contributed by atoms with Crippen LogP contribution in [0, 0.1) is 11.7 Å². The summed E-state index contributed by atoms with van der Waals surface area (Å²) in [4.78, 5) is 43.5. The number of methoxy groups -OCH3 is 1. The number of rotatable bonds is 9. The van der Waals surface area contributed by atoms with Crippen LogP contribution in [0.5, 0.6) is 5.75 Å². The number of anilines is 1. The molecule has 2 aromatic carbocycles. The number of primary amides is 1. The van der Waals surface area contributed by atoms with Gasteiger partial charge in [-0.25, -0.2) is 12.8 Å². The number of carbonyl (C=O) groups is 3. The number of aliphatic carboxylic acids is 1. The summed E-state index contributed by atoms with van der Waals surface area (Å²) in [5.41, 5.74) is 6.12. The van der Waals surface area contributed by atoms with Gasteiger partial charge in [0.1, 0.15) is 6.04 Å². The van der Waals surface area contributed by atoms with E-state index in [0.717, 1.165) is 12.3 Å². The minimum atomic E-state index is -3.83. The number of halogens is 1. The van der Waals surface area contributed by atoms with Gasteiger partial charge in [-0.05, 0) is 54.4 Å². The van der Waals surface area contributed by atoms with Gasteiger partial charge in [0.15, 0.2) is 21.4 Å². The number of pyridine rings is 1. The van der Waals surface area contributed by atoms with Crippen LogP contribution in [-0.4, -0.2) is 61.1 Å². The summed E-state index contributed by atoms with van der Waals surface area (Å²) in [5, 5.41) is 13.0. The summed E-state index contributed by atoms with van der Waals surface area (Å²) in [6, 6.07) is 10.2. The van der Waals surface area contributed by atoms with Crippen LogP contribution in [0.2, 0.25) is 0 Å². The number of sulfone groups is 1. The molecule has 1 aromatic heterocycles. The Labute approximate surface area is 229 Å². The van der Waals surface area contributed by atoms with E-state index in [9.17, 15) is 32.3 Å². The molecule has 1 fully saturated rings. The van der Waals surface area contributed by atoms with Crippen LogP contribution in [0.25, 0.3) is 0 Å². The van der Waals surface area contributed by atoms with Gasteiger partial charge in [0.2, 0.25) is 11.8 Å². The Kier molecular flexibility index (Phi) is 8.05. The zero-order valence-electron chi connectivity index (χ0n) is 21.6. The van der Waals surface area contributed by atoms with Crippen molar-refractivity contribution in [1.29, 1.82) is 0 Å². The van der Waals surface area contributed by atoms with Crippen molar-refractivity contribution >= 4 is 33.3 Å². The summed E-state index contributed by atoms with van der Waals surface area (Å²) >= 11 is 0. The average molecular weight is 571 g/mol. The van der Waals surface area contributed by atoms with Crippen LogP contribution in [0.3, 0.4) is 0 Å². The monoisotopic (exact) mass is 570 g/mol. The first-order chi connectivity index (χ1) is 18.9. The van der Waals surface area contributed by atoms with Crippen molar-refractivity contribution in [3.05, 3.63) is 83.4 Å². The molecule has 1 saturated heterocycles. The first-order valence-corrected chi connectivity index (χ1v) is 14.0. The highest BCUT2D eigenvalue weighted by molar-refractivity contribution is 7.90. The molecule has 0 spiro atoms. The molecular weight excluding hydrogens is 543 g/mol. The predicted octanol–water partition coefficient (Wildman–Crippen LogP) is 2.56. The molecule has 0 saturated carbocycles. The lowest BCUT2D eigenvalue weighted by molar-refractivity contribution is -0.143. The molecule has 0 aliphatic carbocycles. The molecule has 13 heteroatoms. The van der Waals surface area contributed by atoms with E-state index in [-0.39, 0.29) is 40.4 Å². The highest BCUT2D eigenvalue weighted by Gasteiger charge is 2.46. The first-order valence-electron chi connectivity index (χ1n) is 12.1. The third-order valence-corrected chi connectivity index (χ3v) is 7.84. The zero-order chi connectivity index (χ0) is 29.2. The number of nitrogens with one attached hydrogen (secondary N) is 1. The number of carboxylic acid groups (broad SMARTS) is 1. The Morgan fingerprint density at radius 2 is 1.93 bits per heavy atom. The standard InChI is InChI=1S/C27H27FN4O7S/c1-39-20-14-15(8-9-19(20)28)22(31-17-6-3-5-16(13-17)25(29)33)26(34)32-12-10-18(27(35)36)24(32)23-21(40(2,37)38)7-4-11-30-23/h3-9,11,13-14,18,22,24,31H,10,12H2,1-2H3,(H2,29,33)(H,35,36)/t18-,22-,24-/m1/s1. The highest BCUT2D eigenvalue weighted by Crippen LogP contribution is 2.41. The molecule has 0 unspecified atom stereocenters. The minimum Gasteiger partial charge on any atom is -0.494 e. The van der Waals surface area contributed by atoms with Gasteiger partial charge in [-0.15, -0.1) is 0 Å². The van der Waals surface area contributed by atoms with Gasteiger partial charge in [0.05, 0.1) is 29.7 Å². The molecule has 11 nitrogen and oxygen atoms in total. The summed E-state index contributed by atoms with van der Waals surface area (Å²) in [5.74, 6) is -4.47. The van der Waals surface area contributed by atoms with E-state index in [0.29, 0.717) is 5.69 Å². The third-order valence-electron chi connectivity index (χ3n) is 6.69. The van der Waals surface area contributed by atoms with Gasteiger partial charge >= 0.3 is 5.97 Å². The normalized spacial score (nSPS) is 17.7. The Balaban J connectivity index is 1.84. The van der Waals surface area contributed by atoms with Gasteiger partial charge in [-0.2, -0.15) is 0 Å². The number of carbonyl (C=O) groups excluding carboxylic acids is 2. The fourth-order valence-electron chi connectivity index (χ4n) is 4.81. The predicted molar refractivity (Wildman–Crippen MR) is 142 cm³/mol. The van der Waals surface area contributed by atoms with Gasteiger partial charge < -0.3 is 25.8 Å². The number of aromatic nitrogens is 1. The number of hydrogen-bond donors (Lipinski definition) is 3. The summed E-state index contributed by atoms with van der Waals surface area (Å²) < 4.78 is 44.5. The molecule has 210 valence electrons. The van der Waals surface area contributed by atoms with Gasteiger partial charge in [-0.1, -0.05) is 12.1 Å². The number of hydrogen-bond acceptors (Lipinski definition) is 8. The van der Waals surface area contributed by atoms with Crippen molar-refractivity contribution in [3.63, 3.8) is 0 Å². The maximum absolute atomic E-state index is 14.3. The second-order valence-electron chi connectivity index (χ2n) is 9.29. The molecule has 0 bridgehead atoms. The molecule has 40 heavy (non-hydrogen) atoms. The Hall–Kier alpha value is -4.52. The summed E-state index contributed by atoms with van der Waals surface area (Å²) in [6.45, 7) is -0.0158. The van der Waals surface area contributed by atoms with Gasteiger partial charge in [0, 0.05) is 30.2 Å². The lowest BCUT2D eigenvalue weighted by Gasteiger charge is -2.31. The number of nitrogens with zero attached hydrogens (tertiary/aromatic N) is 2. The quantitative estimate of drug-likeness (QED) is 0.350. The smallest absolute Gasteiger partial charge is 0.309 e. The minimum absolute atomic E-state index is 0.0158. The number of nitrogens with two attached hydrogens (primary N) is 1. The molecular formula is C27H27FN4O7S. The number of benzene rings is 2. The van der Waals surface area contributed by atoms with E-state index in [1.54, 1.807) is 12.1 Å². The molecule has 1 aliphatic heterocycles. The number of amides is 2. The maximum Gasteiger partial charge on any atom is 0.309 e. The SMILES string of the molecule is COc1cc([C@@H](Nc2cccc(C(N)=O)c2)C(=O)N2CC[C@@H](C(=O)O)[C@@H]2c2ncccc2S(C)(=O)=O)ccc1F. The van der Waals surface area contributed by atoms with Gasteiger partial charge in [-0.3, -0.25) is 19.4 Å². The maximum atomic E-state index is 14.3. The van der Waals surface area contributed by atoms with E-state index < -0.39 is 51.4 Å². The molecule has 2 amide bonds. The second kappa shape index (κ2) is 11.3. The Morgan fingerprint density at radius 1 is 1.18 bits per heavy atom. The molecule has 0 radical (unpaired) electrons. The second-order valence-corrected chi connectivity index (χ2v) is 11.3. The number of likely N-dealkylation sites (tertiary alicyclic amines) is 1. The van der Waals surface area contributed by atoms with Crippen molar-refractivity contribution in [2.24, 2.45) is 11.7 Å². The fraction of sp³-hybridized carbons (Fsp3) is 0.259. The Bertz CT molecular complexity index is 1580. The average Bonchev–Trinajstić information content (AvgIpc) is 3.37. The van der Waals surface area contributed by atoms with Crippen LogP contribution in [0.4, 0.5) is 10.1 Å². The van der Waals surface area contributed by atoms with E-state index >= 15 is 0 Å². The molecule has 3 atom stereocenters. The zero-order valence-corrected chi connectivity index (χ0v) is 22.4. The van der Waals surface area contributed by atoms with E-state index in [2.05, 4.69) is 10.3 Å². The summed E-state index contributed by atoms with van der Waals surface area (Å²) in [6.07, 6.45) is 2.35. The number of carboxylic acids is 1. The molecule has 3 aromatic rings. The lowest BCUT2D eigenvalue weighted by atomic mass is 9.96. The van der Waals surface area contributed by atoms with Crippen molar-refractivity contribution in [1.82, 2.24) is 9.88 Å². The summed E-state index contributed by atoms with van der Waals surface area (Å²) in [7, 11) is -2.56. The molecule has 4 rings (SSSR count). The largest absolute Gasteiger partial charge is 0.494 e. The van der Waals surface area contributed by atoms with E-state index in [4.69, 9.17) is 10.5 Å². The van der Waals surface area contributed by atoms with Crippen LogP contribution in [0.1, 0.15) is 40.1 Å². The van der Waals surface area contributed by atoms with Crippen molar-refractivity contribution < 1.29 is 37.0 Å². The van der Waals surface area contributed by atoms with E-state index in [1.165, 1.54) is 54.6 Å². The van der Waals surface area contributed by atoms with Crippen LogP contribution in [0.15, 0.2) is 65.7 Å². The van der Waals surface area contributed by atoms with Gasteiger partial charge in [0.25, 0.3) is 0 Å². The van der Waals surface area contributed by atoms with Crippen molar-refractivity contribution in [3.8, 4) is 5.75 Å².